The molecule has 0 aliphatic rings. The summed E-state index contributed by atoms with van der Waals surface area (Å²) in [5.41, 5.74) is 0.113. The van der Waals surface area contributed by atoms with Crippen LogP contribution in [0.3, 0.4) is 0 Å². The maximum Gasteiger partial charge on any atom is 0.305 e. The number of nitro benzene ring substituents is 1. The maximum absolute atomic E-state index is 10.9. The summed E-state index contributed by atoms with van der Waals surface area (Å²) in [5.74, 6) is 0.780. The zero-order valence-corrected chi connectivity index (χ0v) is 11.6. The van der Waals surface area contributed by atoms with Gasteiger partial charge in [-0.3, -0.25) is 14.9 Å². The SMILES string of the molecule is COC(=O)CCCCCSc1ccc([N+](=O)[O-])cc1. The van der Waals surface area contributed by atoms with Gasteiger partial charge in [0.15, 0.2) is 0 Å². The molecule has 104 valence electrons. The summed E-state index contributed by atoms with van der Waals surface area (Å²) in [6.45, 7) is 0. The lowest BCUT2D eigenvalue weighted by Gasteiger charge is -2.02. The van der Waals surface area contributed by atoms with E-state index in [1.54, 1.807) is 23.9 Å². The molecule has 0 aromatic heterocycles. The highest BCUT2D eigenvalue weighted by Crippen LogP contribution is 2.22. The Bertz CT molecular complexity index is 419. The van der Waals surface area contributed by atoms with E-state index in [9.17, 15) is 14.9 Å². The maximum atomic E-state index is 10.9. The predicted molar refractivity (Wildman–Crippen MR) is 74.3 cm³/mol. The van der Waals surface area contributed by atoms with Gasteiger partial charge in [0.1, 0.15) is 0 Å². The number of methoxy groups -OCH3 is 1. The fourth-order valence-electron chi connectivity index (χ4n) is 1.50. The number of carbonyl (C=O) groups excluding carboxylic acids is 1. The fourth-order valence-corrected chi connectivity index (χ4v) is 2.42. The molecule has 0 saturated heterocycles. The molecule has 0 amide bonds. The molecule has 0 aliphatic carbocycles. The Morgan fingerprint density at radius 1 is 1.26 bits per heavy atom. The van der Waals surface area contributed by atoms with Crippen LogP contribution in [0.25, 0.3) is 0 Å². The van der Waals surface area contributed by atoms with Crippen molar-refractivity contribution >= 4 is 23.4 Å². The number of benzene rings is 1. The summed E-state index contributed by atoms with van der Waals surface area (Å²) in [7, 11) is 1.40. The molecule has 0 atom stereocenters. The van der Waals surface area contributed by atoms with Gasteiger partial charge in [-0.2, -0.15) is 0 Å². The van der Waals surface area contributed by atoms with E-state index < -0.39 is 4.92 Å². The average Bonchev–Trinajstić information content (AvgIpc) is 2.42. The summed E-state index contributed by atoms with van der Waals surface area (Å²) in [5, 5.41) is 10.5. The number of nitrogens with zero attached hydrogens (tertiary/aromatic N) is 1. The van der Waals surface area contributed by atoms with Crippen molar-refractivity contribution in [3.8, 4) is 0 Å². The number of hydrogen-bond acceptors (Lipinski definition) is 5. The van der Waals surface area contributed by atoms with Crippen molar-refractivity contribution in [2.45, 2.75) is 30.6 Å². The van der Waals surface area contributed by atoms with Gasteiger partial charge in [-0.15, -0.1) is 11.8 Å². The number of nitro groups is 1. The Hall–Kier alpha value is -1.56. The Morgan fingerprint density at radius 3 is 2.53 bits per heavy atom. The van der Waals surface area contributed by atoms with Crippen LogP contribution in [0.5, 0.6) is 0 Å². The van der Waals surface area contributed by atoms with Crippen molar-refractivity contribution in [1.82, 2.24) is 0 Å². The first kappa shape index (κ1) is 15.5. The number of esters is 1. The van der Waals surface area contributed by atoms with Gasteiger partial charge in [0, 0.05) is 23.4 Å². The average molecular weight is 283 g/mol. The van der Waals surface area contributed by atoms with E-state index in [2.05, 4.69) is 4.74 Å². The van der Waals surface area contributed by atoms with Crippen LogP contribution in [0.15, 0.2) is 29.2 Å². The minimum absolute atomic E-state index is 0.113. The number of rotatable bonds is 8. The van der Waals surface area contributed by atoms with Crippen molar-refractivity contribution in [2.75, 3.05) is 12.9 Å². The van der Waals surface area contributed by atoms with Crippen molar-refractivity contribution < 1.29 is 14.5 Å². The lowest BCUT2D eigenvalue weighted by molar-refractivity contribution is -0.384. The minimum Gasteiger partial charge on any atom is -0.469 e. The number of ether oxygens (including phenoxy) is 1. The van der Waals surface area contributed by atoms with Gasteiger partial charge in [0.05, 0.1) is 12.0 Å². The molecular weight excluding hydrogens is 266 g/mol. The van der Waals surface area contributed by atoms with E-state index in [1.165, 1.54) is 19.2 Å². The van der Waals surface area contributed by atoms with Crippen LogP contribution in [0.2, 0.25) is 0 Å². The molecule has 19 heavy (non-hydrogen) atoms. The van der Waals surface area contributed by atoms with Crippen LogP contribution >= 0.6 is 11.8 Å². The third-order valence-corrected chi connectivity index (χ3v) is 3.67. The number of non-ortho nitro benzene ring substituents is 1. The Morgan fingerprint density at radius 2 is 1.95 bits per heavy atom. The van der Waals surface area contributed by atoms with E-state index in [4.69, 9.17) is 0 Å². The number of unbranched alkanes of at least 4 members (excludes halogenated alkanes) is 2. The van der Waals surface area contributed by atoms with Crippen LogP contribution in [-0.4, -0.2) is 23.8 Å². The lowest BCUT2D eigenvalue weighted by Crippen LogP contribution is -1.99. The van der Waals surface area contributed by atoms with Gasteiger partial charge in [-0.05, 0) is 30.7 Å². The molecule has 1 rings (SSSR count). The molecule has 0 saturated carbocycles. The first-order valence-electron chi connectivity index (χ1n) is 6.07. The van der Waals surface area contributed by atoms with Gasteiger partial charge < -0.3 is 4.74 Å². The Kier molecular flexibility index (Phi) is 6.95. The first-order valence-corrected chi connectivity index (χ1v) is 7.06. The number of hydrogen-bond donors (Lipinski definition) is 0. The second kappa shape index (κ2) is 8.53. The molecule has 0 heterocycles. The summed E-state index contributed by atoms with van der Waals surface area (Å²) in [4.78, 5) is 22.0. The molecule has 1 aromatic carbocycles. The lowest BCUT2D eigenvalue weighted by atomic mass is 10.2. The molecule has 0 fully saturated rings. The van der Waals surface area contributed by atoms with E-state index >= 15 is 0 Å². The Balaban J connectivity index is 2.15. The van der Waals surface area contributed by atoms with Crippen molar-refractivity contribution in [3.05, 3.63) is 34.4 Å². The van der Waals surface area contributed by atoms with E-state index in [0.717, 1.165) is 29.9 Å². The largest absolute Gasteiger partial charge is 0.469 e. The molecule has 0 bridgehead atoms. The summed E-state index contributed by atoms with van der Waals surface area (Å²) >= 11 is 1.67. The van der Waals surface area contributed by atoms with E-state index in [-0.39, 0.29) is 11.7 Å². The standard InChI is InChI=1S/C13H17NO4S/c1-18-13(15)5-3-2-4-10-19-12-8-6-11(7-9-12)14(16)17/h6-9H,2-5,10H2,1H3. The van der Waals surface area contributed by atoms with Gasteiger partial charge in [-0.1, -0.05) is 6.42 Å². The van der Waals surface area contributed by atoms with Gasteiger partial charge in [0.2, 0.25) is 0 Å². The van der Waals surface area contributed by atoms with Gasteiger partial charge >= 0.3 is 5.97 Å². The van der Waals surface area contributed by atoms with E-state index in [0.29, 0.717) is 6.42 Å². The highest BCUT2D eigenvalue weighted by Gasteiger charge is 2.04. The normalized spacial score (nSPS) is 10.2. The molecule has 0 N–H and O–H groups in total. The minimum atomic E-state index is -0.402. The smallest absolute Gasteiger partial charge is 0.305 e. The summed E-state index contributed by atoms with van der Waals surface area (Å²) in [6.07, 6.45) is 3.31. The predicted octanol–water partition coefficient (Wildman–Crippen LogP) is 3.42. The summed E-state index contributed by atoms with van der Waals surface area (Å²) in [6, 6.07) is 6.55. The highest BCUT2D eigenvalue weighted by molar-refractivity contribution is 7.99. The van der Waals surface area contributed by atoms with Gasteiger partial charge in [0.25, 0.3) is 5.69 Å². The molecule has 0 spiro atoms. The molecule has 0 aliphatic heterocycles. The molecule has 5 nitrogen and oxygen atoms in total. The van der Waals surface area contributed by atoms with Crippen molar-refractivity contribution in [3.63, 3.8) is 0 Å². The highest BCUT2D eigenvalue weighted by atomic mass is 32.2. The molecule has 6 heteroatoms. The number of thioether (sulfide) groups is 1. The number of carbonyl (C=O) groups is 1. The summed E-state index contributed by atoms with van der Waals surface area (Å²) < 4.78 is 4.56. The fraction of sp³-hybridized carbons (Fsp3) is 0.462. The van der Waals surface area contributed by atoms with Gasteiger partial charge in [-0.25, -0.2) is 0 Å². The topological polar surface area (TPSA) is 69.4 Å². The Labute approximate surface area is 116 Å². The third-order valence-electron chi connectivity index (χ3n) is 2.57. The van der Waals surface area contributed by atoms with Crippen LogP contribution in [0.1, 0.15) is 25.7 Å². The van der Waals surface area contributed by atoms with Crippen molar-refractivity contribution in [1.29, 1.82) is 0 Å². The second-order valence-corrected chi connectivity index (χ2v) is 5.15. The van der Waals surface area contributed by atoms with E-state index in [1.807, 2.05) is 0 Å². The van der Waals surface area contributed by atoms with Crippen LogP contribution in [0.4, 0.5) is 5.69 Å². The monoisotopic (exact) mass is 283 g/mol. The molecule has 0 unspecified atom stereocenters. The molecule has 1 aromatic rings. The second-order valence-electron chi connectivity index (χ2n) is 3.99. The zero-order chi connectivity index (χ0) is 14.1. The third kappa shape index (κ3) is 6.24. The van der Waals surface area contributed by atoms with Crippen LogP contribution < -0.4 is 0 Å². The molecular formula is C13H17NO4S. The van der Waals surface area contributed by atoms with Crippen molar-refractivity contribution in [2.24, 2.45) is 0 Å². The molecule has 0 radical (unpaired) electrons. The van der Waals surface area contributed by atoms with Crippen LogP contribution in [-0.2, 0) is 9.53 Å². The first-order chi connectivity index (χ1) is 9.13. The quantitative estimate of drug-likeness (QED) is 0.240. The van der Waals surface area contributed by atoms with Crippen LogP contribution in [0, 0.1) is 10.1 Å². The zero-order valence-electron chi connectivity index (χ0n) is 10.8.